The molecular formula is C18H24ClN5S. The summed E-state index contributed by atoms with van der Waals surface area (Å²) in [5.74, 6) is 1.27. The highest BCUT2D eigenvalue weighted by Gasteiger charge is 2.29. The zero-order valence-electron chi connectivity index (χ0n) is 14.6. The number of nitrogens with two attached hydrogens (primary N) is 2. The molecule has 134 valence electrons. The molecular weight excluding hydrogens is 354 g/mol. The topological polar surface area (TPSA) is 81.1 Å². The summed E-state index contributed by atoms with van der Waals surface area (Å²) in [4.78, 5) is 12.2. The molecule has 1 aromatic heterocycles. The van der Waals surface area contributed by atoms with E-state index in [4.69, 9.17) is 23.1 Å². The second kappa shape index (κ2) is 7.30. The molecule has 25 heavy (non-hydrogen) atoms. The summed E-state index contributed by atoms with van der Waals surface area (Å²) in [6.07, 6.45) is 5.35. The number of benzene rings is 1. The van der Waals surface area contributed by atoms with Crippen LogP contribution in [0.25, 0.3) is 0 Å². The average molecular weight is 378 g/mol. The van der Waals surface area contributed by atoms with Gasteiger partial charge >= 0.3 is 0 Å². The fourth-order valence-electron chi connectivity index (χ4n) is 2.95. The molecule has 4 N–H and O–H groups in total. The van der Waals surface area contributed by atoms with Gasteiger partial charge in [0.1, 0.15) is 10.8 Å². The van der Waals surface area contributed by atoms with Crippen molar-refractivity contribution in [3.63, 3.8) is 0 Å². The molecule has 3 rings (SSSR count). The zero-order valence-corrected chi connectivity index (χ0v) is 16.2. The average Bonchev–Trinajstić information content (AvgIpc) is 2.61. The van der Waals surface area contributed by atoms with E-state index < -0.39 is 0 Å². The van der Waals surface area contributed by atoms with Gasteiger partial charge in [0.25, 0.3) is 0 Å². The van der Waals surface area contributed by atoms with Crippen molar-refractivity contribution < 1.29 is 0 Å². The number of nitrogen functional groups attached to an aromatic ring is 2. The van der Waals surface area contributed by atoms with Crippen LogP contribution in [0.3, 0.4) is 0 Å². The van der Waals surface area contributed by atoms with Gasteiger partial charge in [-0.05, 0) is 30.4 Å². The van der Waals surface area contributed by atoms with Crippen molar-refractivity contribution >= 4 is 40.7 Å². The molecule has 5 nitrogen and oxygen atoms in total. The predicted molar refractivity (Wildman–Crippen MR) is 106 cm³/mol. The number of rotatable bonds is 4. The van der Waals surface area contributed by atoms with E-state index in [1.165, 1.54) is 31.0 Å². The van der Waals surface area contributed by atoms with Gasteiger partial charge in [-0.3, -0.25) is 0 Å². The van der Waals surface area contributed by atoms with Crippen LogP contribution in [0, 0.1) is 5.41 Å². The van der Waals surface area contributed by atoms with Crippen LogP contribution in [0.2, 0.25) is 5.02 Å². The summed E-state index contributed by atoms with van der Waals surface area (Å²) in [7, 11) is 0. The third-order valence-electron chi connectivity index (χ3n) is 5.10. The smallest absolute Gasteiger partial charge is 0.158 e. The quantitative estimate of drug-likeness (QED) is 0.765. The second-order valence-electron chi connectivity index (χ2n) is 6.83. The molecule has 2 heterocycles. The van der Waals surface area contributed by atoms with E-state index in [1.54, 1.807) is 12.3 Å². The predicted octanol–water partition coefficient (Wildman–Crippen LogP) is 4.46. The standard InChI is InChI=1S/C18H24ClN5S/c1-3-18(2)7-9-24(10-8-18)14-11-22-17(16(21)23-14)25-13-6-4-5-12(20)15(13)19/h4-6,11H,3,7-10,20H2,1-2H3,(H2,21,23). The maximum atomic E-state index is 6.25. The van der Waals surface area contributed by atoms with Gasteiger partial charge in [-0.1, -0.05) is 49.7 Å². The Kier molecular flexibility index (Phi) is 5.29. The summed E-state index contributed by atoms with van der Waals surface area (Å²) in [6.45, 7) is 6.61. The Hall–Kier alpha value is -1.66. The van der Waals surface area contributed by atoms with E-state index in [2.05, 4.69) is 28.7 Å². The van der Waals surface area contributed by atoms with Crippen LogP contribution in [-0.4, -0.2) is 23.1 Å². The first-order valence-corrected chi connectivity index (χ1v) is 9.70. The highest BCUT2D eigenvalue weighted by atomic mass is 35.5. The molecule has 0 atom stereocenters. The first-order chi connectivity index (χ1) is 11.9. The summed E-state index contributed by atoms with van der Waals surface area (Å²) < 4.78 is 0. The minimum Gasteiger partial charge on any atom is -0.397 e. The Balaban J connectivity index is 1.74. The van der Waals surface area contributed by atoms with Crippen molar-refractivity contribution in [3.8, 4) is 0 Å². The van der Waals surface area contributed by atoms with E-state index in [0.717, 1.165) is 23.8 Å². The van der Waals surface area contributed by atoms with Crippen molar-refractivity contribution in [1.82, 2.24) is 9.97 Å². The molecule has 2 aromatic rings. The van der Waals surface area contributed by atoms with Crippen molar-refractivity contribution in [2.45, 2.75) is 43.0 Å². The molecule has 1 aliphatic rings. The highest BCUT2D eigenvalue weighted by molar-refractivity contribution is 7.99. The summed E-state index contributed by atoms with van der Waals surface area (Å²) in [5, 5.41) is 1.17. The normalized spacial score (nSPS) is 16.8. The second-order valence-corrected chi connectivity index (χ2v) is 8.24. The molecule has 1 aliphatic heterocycles. The number of halogens is 1. The minimum absolute atomic E-state index is 0.421. The monoisotopic (exact) mass is 377 g/mol. The molecule has 0 radical (unpaired) electrons. The third kappa shape index (κ3) is 3.96. The first kappa shape index (κ1) is 18.1. The number of hydrogen-bond donors (Lipinski definition) is 2. The number of hydrogen-bond acceptors (Lipinski definition) is 6. The van der Waals surface area contributed by atoms with Gasteiger partial charge in [0.05, 0.1) is 16.9 Å². The Morgan fingerprint density at radius 1 is 1.28 bits per heavy atom. The third-order valence-corrected chi connectivity index (χ3v) is 6.70. The van der Waals surface area contributed by atoms with Gasteiger partial charge in [0.15, 0.2) is 5.82 Å². The van der Waals surface area contributed by atoms with Crippen LogP contribution in [0.1, 0.15) is 33.1 Å². The van der Waals surface area contributed by atoms with Crippen molar-refractivity contribution in [2.24, 2.45) is 5.41 Å². The summed E-state index contributed by atoms with van der Waals surface area (Å²) in [5.41, 5.74) is 13.0. The summed E-state index contributed by atoms with van der Waals surface area (Å²) in [6, 6.07) is 5.53. The van der Waals surface area contributed by atoms with Gasteiger partial charge in [0.2, 0.25) is 0 Å². The fraction of sp³-hybridized carbons (Fsp3) is 0.444. The first-order valence-electron chi connectivity index (χ1n) is 8.51. The van der Waals surface area contributed by atoms with Gasteiger partial charge in [0, 0.05) is 18.0 Å². The van der Waals surface area contributed by atoms with Crippen LogP contribution in [0.4, 0.5) is 17.3 Å². The lowest BCUT2D eigenvalue weighted by Crippen LogP contribution is -2.39. The number of nitrogens with zero attached hydrogens (tertiary/aromatic N) is 3. The van der Waals surface area contributed by atoms with Crippen molar-refractivity contribution in [2.75, 3.05) is 29.5 Å². The molecule has 1 fully saturated rings. The maximum Gasteiger partial charge on any atom is 0.158 e. The molecule has 7 heteroatoms. The zero-order chi connectivity index (χ0) is 18.0. The van der Waals surface area contributed by atoms with Crippen molar-refractivity contribution in [3.05, 3.63) is 29.4 Å². The fourth-order valence-corrected chi connectivity index (χ4v) is 4.01. The van der Waals surface area contributed by atoms with Gasteiger partial charge in [-0.25, -0.2) is 9.97 Å². The van der Waals surface area contributed by atoms with E-state index in [1.807, 2.05) is 12.1 Å². The van der Waals surface area contributed by atoms with Crippen LogP contribution in [-0.2, 0) is 0 Å². The van der Waals surface area contributed by atoms with Crippen LogP contribution >= 0.6 is 23.4 Å². The lowest BCUT2D eigenvalue weighted by atomic mass is 9.78. The van der Waals surface area contributed by atoms with E-state index in [-0.39, 0.29) is 0 Å². The van der Waals surface area contributed by atoms with Gasteiger partial charge < -0.3 is 16.4 Å². The highest BCUT2D eigenvalue weighted by Crippen LogP contribution is 2.38. The Labute approximate surface area is 158 Å². The number of piperidine rings is 1. The molecule has 0 amide bonds. The van der Waals surface area contributed by atoms with E-state index in [9.17, 15) is 0 Å². The van der Waals surface area contributed by atoms with Gasteiger partial charge in [-0.2, -0.15) is 0 Å². The Bertz CT molecular complexity index is 759. The molecule has 1 saturated heterocycles. The van der Waals surface area contributed by atoms with Crippen molar-refractivity contribution in [1.29, 1.82) is 0 Å². The molecule has 1 aromatic carbocycles. The molecule has 0 spiro atoms. The van der Waals surface area contributed by atoms with E-state index in [0.29, 0.717) is 27.0 Å². The van der Waals surface area contributed by atoms with Gasteiger partial charge in [-0.15, -0.1) is 0 Å². The number of anilines is 3. The lowest BCUT2D eigenvalue weighted by molar-refractivity contribution is 0.237. The molecule has 0 bridgehead atoms. The molecule has 0 unspecified atom stereocenters. The summed E-state index contributed by atoms with van der Waals surface area (Å²) >= 11 is 7.63. The minimum atomic E-state index is 0.421. The SMILES string of the molecule is CCC1(C)CCN(c2cnc(Sc3cccc(N)c3Cl)c(N)n2)CC1. The lowest BCUT2D eigenvalue weighted by Gasteiger charge is -2.39. The Morgan fingerprint density at radius 2 is 2.00 bits per heavy atom. The van der Waals surface area contributed by atoms with E-state index >= 15 is 0 Å². The number of aromatic nitrogens is 2. The van der Waals surface area contributed by atoms with Crippen LogP contribution in [0.15, 0.2) is 34.3 Å². The van der Waals surface area contributed by atoms with Crippen LogP contribution < -0.4 is 16.4 Å². The maximum absolute atomic E-state index is 6.25. The van der Waals surface area contributed by atoms with Crippen LogP contribution in [0.5, 0.6) is 0 Å². The molecule has 0 aliphatic carbocycles. The largest absolute Gasteiger partial charge is 0.397 e. The molecule has 0 saturated carbocycles. The Morgan fingerprint density at radius 3 is 2.64 bits per heavy atom.